The minimum Gasteiger partial charge on any atom is -0.453 e. The van der Waals surface area contributed by atoms with Gasteiger partial charge in [-0.05, 0) is 108 Å². The molecule has 3 aliphatic carbocycles. The molecule has 2 aromatic heterocycles. The standard InChI is InChI=1S/C54H56F2N8O5/c1-30(2)45(61-52(67)68-3)50(65)63-29-53(17-18-53)27-44(63)48-57-28-43(60-48)34-11-15-38-37-14-10-32(24-39(37)54(55,56)40(38)25-34)33-12-16-41-42(26-33)59-49(58-41)46-35-9-13-36(23-35)64(46)51(66)47(31-7-5-4-6-8-31)62-19-21-69-22-20-62/h4-8,10-12,14-16,24-26,28,30,35-36,44-47H,9,13,17-23,27,29H2,1-3H3,(H,57,60)(H,58,59)(H,61,67)/t35-,36+,44-,45?,46-,47-/m0/s1. The van der Waals surface area contributed by atoms with Crippen molar-refractivity contribution in [3.8, 4) is 33.5 Å². The number of nitrogens with zero attached hydrogens (tertiary/aromatic N) is 5. The lowest BCUT2D eigenvalue weighted by molar-refractivity contribution is -0.144. The van der Waals surface area contributed by atoms with Crippen molar-refractivity contribution in [2.75, 3.05) is 40.0 Å². The Kier molecular flexibility index (Phi) is 10.5. The van der Waals surface area contributed by atoms with Crippen molar-refractivity contribution >= 4 is 28.9 Å². The number of rotatable bonds is 10. The second-order valence-corrected chi connectivity index (χ2v) is 20.6. The van der Waals surface area contributed by atoms with Crippen molar-refractivity contribution < 1.29 is 32.6 Å². The molecule has 3 saturated heterocycles. The average molecular weight is 935 g/mol. The van der Waals surface area contributed by atoms with Gasteiger partial charge in [0.05, 0.1) is 55.3 Å². The first-order valence-electron chi connectivity index (χ1n) is 24.5. The molecule has 1 unspecified atom stereocenters. The molecule has 2 bridgehead atoms. The minimum atomic E-state index is -3.27. The lowest BCUT2D eigenvalue weighted by atomic mass is 9.95. The zero-order chi connectivity index (χ0) is 47.3. The zero-order valence-electron chi connectivity index (χ0n) is 39.0. The van der Waals surface area contributed by atoms with Gasteiger partial charge < -0.3 is 34.6 Å². The third-order valence-electron chi connectivity index (χ3n) is 16.1. The number of benzene rings is 4. The number of imidazole rings is 2. The summed E-state index contributed by atoms with van der Waals surface area (Å²) in [5, 5.41) is 2.71. The van der Waals surface area contributed by atoms with Crippen LogP contribution in [0.3, 0.4) is 0 Å². The highest BCUT2D eigenvalue weighted by Gasteiger charge is 2.56. The molecule has 2 saturated carbocycles. The first-order valence-corrected chi connectivity index (χ1v) is 24.5. The number of alkyl carbamates (subject to hydrolysis) is 1. The number of hydrogen-bond acceptors (Lipinski definition) is 8. The van der Waals surface area contributed by atoms with Gasteiger partial charge >= 0.3 is 6.09 Å². The molecule has 6 atom stereocenters. The summed E-state index contributed by atoms with van der Waals surface area (Å²) >= 11 is 0. The second-order valence-electron chi connectivity index (χ2n) is 20.6. The van der Waals surface area contributed by atoms with Gasteiger partial charge in [0.25, 0.3) is 5.92 Å². The van der Waals surface area contributed by atoms with Crippen LogP contribution in [0.2, 0.25) is 0 Å². The van der Waals surface area contributed by atoms with Gasteiger partial charge in [0.2, 0.25) is 11.8 Å². The zero-order valence-corrected chi connectivity index (χ0v) is 39.0. The Balaban J connectivity index is 0.799. The second kappa shape index (κ2) is 16.6. The summed E-state index contributed by atoms with van der Waals surface area (Å²) in [7, 11) is 1.27. The number of aromatic nitrogens is 4. The molecular weight excluding hydrogens is 879 g/mol. The first kappa shape index (κ1) is 43.8. The molecule has 6 aliphatic rings. The van der Waals surface area contributed by atoms with Crippen LogP contribution in [0.15, 0.2) is 91.1 Å². The highest BCUT2D eigenvalue weighted by Crippen LogP contribution is 2.59. The predicted octanol–water partition coefficient (Wildman–Crippen LogP) is 9.30. The molecule has 0 radical (unpaired) electrons. The van der Waals surface area contributed by atoms with E-state index in [9.17, 15) is 14.4 Å². The Morgan fingerprint density at radius 3 is 2.29 bits per heavy atom. The van der Waals surface area contributed by atoms with Crippen LogP contribution in [-0.2, 0) is 25.0 Å². The van der Waals surface area contributed by atoms with Gasteiger partial charge in [-0.3, -0.25) is 14.5 Å². The minimum absolute atomic E-state index is 0.0166. The lowest BCUT2D eigenvalue weighted by Crippen LogP contribution is -2.51. The summed E-state index contributed by atoms with van der Waals surface area (Å²) in [5.74, 6) is -1.89. The number of ether oxygens (including phenoxy) is 2. The SMILES string of the molecule is COC(=O)NC(C(=O)N1CC2(CC2)C[C@H]1c1ncc(-c2ccc3c(c2)C(F)(F)c2cc(-c4ccc5nc([C@@H]6[C@H]7CC[C@H](C7)N6C(=O)[C@H](c6ccccc6)N6CCOCC6)[nH]c5c4)ccc2-3)[nH]1)C(C)C. The van der Waals surface area contributed by atoms with Crippen LogP contribution in [0, 0.1) is 17.3 Å². The average Bonchev–Trinajstić information content (AvgIpc) is 4.03. The summed E-state index contributed by atoms with van der Waals surface area (Å²) in [6, 6.07) is 24.7. The molecule has 6 aromatic rings. The maximum atomic E-state index is 16.8. The molecule has 15 heteroatoms. The maximum absolute atomic E-state index is 16.8. The number of morpholine rings is 1. The number of piperidine rings is 1. The van der Waals surface area contributed by atoms with E-state index in [1.54, 1.807) is 30.5 Å². The summed E-state index contributed by atoms with van der Waals surface area (Å²) in [6.07, 6.45) is 6.69. The highest BCUT2D eigenvalue weighted by molar-refractivity contribution is 5.89. The van der Waals surface area contributed by atoms with E-state index in [1.165, 1.54) is 7.11 Å². The molecule has 3 amide bonds. The Labute approximate surface area is 399 Å². The van der Waals surface area contributed by atoms with Gasteiger partial charge in [-0.1, -0.05) is 74.5 Å². The van der Waals surface area contributed by atoms with E-state index < -0.39 is 24.1 Å². The van der Waals surface area contributed by atoms with E-state index in [4.69, 9.17) is 19.4 Å². The molecule has 5 fully saturated rings. The monoisotopic (exact) mass is 934 g/mol. The number of aromatic amines is 2. The van der Waals surface area contributed by atoms with E-state index >= 15 is 8.78 Å². The van der Waals surface area contributed by atoms with Crippen molar-refractivity contribution in [1.29, 1.82) is 0 Å². The van der Waals surface area contributed by atoms with Crippen LogP contribution in [0.5, 0.6) is 0 Å². The predicted molar refractivity (Wildman–Crippen MR) is 255 cm³/mol. The van der Waals surface area contributed by atoms with Gasteiger partial charge in [-0.2, -0.15) is 8.78 Å². The van der Waals surface area contributed by atoms with E-state index in [2.05, 4.69) is 25.1 Å². The Hall–Kier alpha value is -6.45. The van der Waals surface area contributed by atoms with Crippen LogP contribution >= 0.6 is 0 Å². The van der Waals surface area contributed by atoms with Crippen molar-refractivity contribution in [2.45, 2.75) is 88.5 Å². The largest absolute Gasteiger partial charge is 0.453 e. The molecule has 69 heavy (non-hydrogen) atoms. The highest BCUT2D eigenvalue weighted by atomic mass is 19.3. The Morgan fingerprint density at radius 2 is 1.57 bits per heavy atom. The van der Waals surface area contributed by atoms with Crippen LogP contribution in [-0.4, -0.2) is 105 Å². The summed E-state index contributed by atoms with van der Waals surface area (Å²) in [5.41, 5.74) is 5.98. The third kappa shape index (κ3) is 7.42. The molecule has 3 N–H and O–H groups in total. The van der Waals surface area contributed by atoms with Gasteiger partial charge in [0.1, 0.15) is 23.7 Å². The van der Waals surface area contributed by atoms with Crippen LogP contribution in [0.1, 0.15) is 98.8 Å². The number of halogens is 2. The summed E-state index contributed by atoms with van der Waals surface area (Å²) in [6.45, 7) is 6.88. The normalized spacial score (nSPS) is 23.9. The van der Waals surface area contributed by atoms with Crippen molar-refractivity contribution in [3.63, 3.8) is 0 Å². The topological polar surface area (TPSA) is 149 Å². The Bertz CT molecular complexity index is 3000. The molecule has 13 nitrogen and oxygen atoms in total. The molecule has 5 heterocycles. The molecule has 4 aromatic carbocycles. The van der Waals surface area contributed by atoms with Gasteiger partial charge in [-0.15, -0.1) is 0 Å². The Morgan fingerprint density at radius 1 is 0.855 bits per heavy atom. The van der Waals surface area contributed by atoms with E-state index in [0.717, 1.165) is 66.5 Å². The molecule has 356 valence electrons. The van der Waals surface area contributed by atoms with Crippen LogP contribution in [0.4, 0.5) is 13.6 Å². The number of carbonyl (C=O) groups excluding carboxylic acids is 3. The van der Waals surface area contributed by atoms with Crippen molar-refractivity contribution in [2.24, 2.45) is 17.3 Å². The van der Waals surface area contributed by atoms with E-state index in [1.807, 2.05) is 79.4 Å². The fourth-order valence-corrected chi connectivity index (χ4v) is 12.3. The molecule has 12 rings (SSSR count). The molecule has 3 aliphatic heterocycles. The van der Waals surface area contributed by atoms with Gasteiger partial charge in [0, 0.05) is 42.4 Å². The van der Waals surface area contributed by atoms with Crippen molar-refractivity contribution in [3.05, 3.63) is 119 Å². The maximum Gasteiger partial charge on any atom is 0.407 e. The number of hydrogen-bond donors (Lipinski definition) is 3. The first-order chi connectivity index (χ1) is 33.4. The number of alkyl halides is 2. The third-order valence-corrected chi connectivity index (χ3v) is 16.1. The lowest BCUT2D eigenvalue weighted by Gasteiger charge is -2.41. The van der Waals surface area contributed by atoms with Crippen LogP contribution < -0.4 is 5.32 Å². The smallest absolute Gasteiger partial charge is 0.407 e. The number of nitrogens with one attached hydrogen (secondary N) is 3. The number of amides is 3. The number of methoxy groups -OCH3 is 1. The van der Waals surface area contributed by atoms with Gasteiger partial charge in [-0.25, -0.2) is 14.8 Å². The van der Waals surface area contributed by atoms with Crippen LogP contribution in [0.25, 0.3) is 44.5 Å². The number of likely N-dealkylation sites (tertiary alicyclic amines) is 2. The number of carbonyl (C=O) groups is 3. The number of fused-ring (bicyclic) bond motifs is 6. The van der Waals surface area contributed by atoms with E-state index in [0.29, 0.717) is 72.5 Å². The van der Waals surface area contributed by atoms with Gasteiger partial charge in [0.15, 0.2) is 0 Å². The quantitative estimate of drug-likeness (QED) is 0.123. The molecular formula is C54H56F2N8O5. The number of H-pyrrole nitrogens is 2. The fraction of sp³-hybridized carbons (Fsp3) is 0.426. The summed E-state index contributed by atoms with van der Waals surface area (Å²) in [4.78, 5) is 64.0. The van der Waals surface area contributed by atoms with Crippen molar-refractivity contribution in [1.82, 2.24) is 40.0 Å². The fourth-order valence-electron chi connectivity index (χ4n) is 12.3. The van der Waals surface area contributed by atoms with E-state index in [-0.39, 0.29) is 52.4 Å². The summed E-state index contributed by atoms with van der Waals surface area (Å²) < 4.78 is 44.1. The molecule has 1 spiro atoms.